The minimum absolute atomic E-state index is 0. The van der Waals surface area contributed by atoms with Crippen molar-refractivity contribution >= 4 is 12.4 Å². The molecule has 2 heterocycles. The van der Waals surface area contributed by atoms with Gasteiger partial charge in [-0.05, 0) is 31.5 Å². The Kier molecular flexibility index (Phi) is 6.23. The van der Waals surface area contributed by atoms with Gasteiger partial charge in [-0.2, -0.15) is 5.10 Å². The fourth-order valence-corrected chi connectivity index (χ4v) is 2.77. The topological polar surface area (TPSA) is 44.0 Å². The summed E-state index contributed by atoms with van der Waals surface area (Å²) in [5, 5.41) is 10.8. The van der Waals surface area contributed by atoms with Crippen molar-refractivity contribution in [3.8, 4) is 11.3 Å². The second kappa shape index (κ2) is 8.17. The third-order valence-electron chi connectivity index (χ3n) is 3.90. The van der Waals surface area contributed by atoms with Crippen molar-refractivity contribution in [1.29, 1.82) is 0 Å². The van der Waals surface area contributed by atoms with Gasteiger partial charge in [-0.1, -0.05) is 30.3 Å². The number of benzene rings is 1. The van der Waals surface area contributed by atoms with Crippen molar-refractivity contribution in [3.63, 3.8) is 0 Å². The molecule has 2 N–H and O–H groups in total. The Hall–Kier alpha value is -1.36. The number of rotatable bonds is 6. The van der Waals surface area contributed by atoms with Gasteiger partial charge in [0.25, 0.3) is 0 Å². The van der Waals surface area contributed by atoms with E-state index in [1.807, 2.05) is 12.3 Å². The minimum atomic E-state index is 0. The summed E-state index contributed by atoms with van der Waals surface area (Å²) in [4.78, 5) is 2.53. The highest BCUT2D eigenvalue weighted by molar-refractivity contribution is 5.85. The largest absolute Gasteiger partial charge is 0.311 e. The van der Waals surface area contributed by atoms with Crippen LogP contribution >= 0.6 is 12.4 Å². The van der Waals surface area contributed by atoms with Crippen molar-refractivity contribution in [3.05, 3.63) is 42.1 Å². The normalized spacial score (nSPS) is 15.0. The first-order chi connectivity index (χ1) is 9.93. The average Bonchev–Trinajstić information content (AvgIpc) is 3.16. The van der Waals surface area contributed by atoms with Crippen molar-refractivity contribution in [2.75, 3.05) is 26.2 Å². The number of hydrogen-bond acceptors (Lipinski definition) is 3. The Morgan fingerprint density at radius 2 is 1.90 bits per heavy atom. The van der Waals surface area contributed by atoms with Crippen LogP contribution in [0.1, 0.15) is 18.4 Å². The highest BCUT2D eigenvalue weighted by Crippen LogP contribution is 2.20. The molecule has 0 radical (unpaired) electrons. The molecule has 1 saturated heterocycles. The predicted octanol–water partition coefficient (Wildman–Crippen LogP) is 2.68. The number of halogens is 1. The van der Waals surface area contributed by atoms with E-state index in [1.54, 1.807) is 0 Å². The van der Waals surface area contributed by atoms with Crippen molar-refractivity contribution in [2.24, 2.45) is 0 Å². The van der Waals surface area contributed by atoms with E-state index in [9.17, 15) is 0 Å². The summed E-state index contributed by atoms with van der Waals surface area (Å²) in [5.41, 5.74) is 3.55. The van der Waals surface area contributed by atoms with E-state index in [1.165, 1.54) is 37.1 Å². The lowest BCUT2D eigenvalue weighted by Crippen LogP contribution is -2.29. The zero-order valence-corrected chi connectivity index (χ0v) is 13.0. The predicted molar refractivity (Wildman–Crippen MR) is 88.7 cm³/mol. The number of nitrogens with one attached hydrogen (secondary N) is 2. The molecule has 0 saturated carbocycles. The molecule has 0 spiro atoms. The smallest absolute Gasteiger partial charge is 0.0695 e. The van der Waals surface area contributed by atoms with Crippen LogP contribution in [0.2, 0.25) is 0 Å². The van der Waals surface area contributed by atoms with E-state index < -0.39 is 0 Å². The lowest BCUT2D eigenvalue weighted by atomic mass is 10.1. The molecule has 4 nitrogen and oxygen atoms in total. The number of aromatic amines is 1. The van der Waals surface area contributed by atoms with Gasteiger partial charge in [-0.3, -0.25) is 5.10 Å². The van der Waals surface area contributed by atoms with Gasteiger partial charge in [0.15, 0.2) is 0 Å². The van der Waals surface area contributed by atoms with Crippen LogP contribution in [0.3, 0.4) is 0 Å². The molecule has 114 valence electrons. The van der Waals surface area contributed by atoms with E-state index in [2.05, 4.69) is 44.7 Å². The fourth-order valence-electron chi connectivity index (χ4n) is 2.77. The van der Waals surface area contributed by atoms with Crippen molar-refractivity contribution < 1.29 is 0 Å². The molecule has 1 aromatic carbocycles. The van der Waals surface area contributed by atoms with Crippen LogP contribution in [-0.4, -0.2) is 41.3 Å². The van der Waals surface area contributed by atoms with Crippen LogP contribution in [0.15, 0.2) is 36.5 Å². The van der Waals surface area contributed by atoms with E-state index in [4.69, 9.17) is 0 Å². The number of likely N-dealkylation sites (tertiary alicyclic amines) is 1. The lowest BCUT2D eigenvalue weighted by molar-refractivity contribution is 0.335. The lowest BCUT2D eigenvalue weighted by Gasteiger charge is -2.14. The molecule has 1 aromatic heterocycles. The van der Waals surface area contributed by atoms with E-state index in [0.717, 1.165) is 25.3 Å². The first kappa shape index (κ1) is 16.0. The Bertz CT molecular complexity index is 520. The van der Waals surface area contributed by atoms with Crippen LogP contribution in [0.4, 0.5) is 0 Å². The molecule has 2 aromatic rings. The van der Waals surface area contributed by atoms with Gasteiger partial charge in [0, 0.05) is 25.2 Å². The zero-order valence-electron chi connectivity index (χ0n) is 12.2. The van der Waals surface area contributed by atoms with Gasteiger partial charge in [0.1, 0.15) is 0 Å². The Balaban J connectivity index is 0.00000161. The van der Waals surface area contributed by atoms with Crippen molar-refractivity contribution in [1.82, 2.24) is 20.4 Å². The summed E-state index contributed by atoms with van der Waals surface area (Å²) >= 11 is 0. The zero-order chi connectivity index (χ0) is 13.6. The molecule has 3 rings (SSSR count). The van der Waals surface area contributed by atoms with E-state index in [0.29, 0.717) is 0 Å². The summed E-state index contributed by atoms with van der Waals surface area (Å²) in [5.74, 6) is 0. The maximum absolute atomic E-state index is 4.18. The summed E-state index contributed by atoms with van der Waals surface area (Å²) in [6, 6.07) is 10.4. The van der Waals surface area contributed by atoms with Gasteiger partial charge in [0.05, 0.1) is 11.9 Å². The summed E-state index contributed by atoms with van der Waals surface area (Å²) in [7, 11) is 0. The third kappa shape index (κ3) is 4.30. The third-order valence-corrected chi connectivity index (χ3v) is 3.90. The molecule has 5 heteroatoms. The highest BCUT2D eigenvalue weighted by Gasteiger charge is 2.11. The van der Waals surface area contributed by atoms with Gasteiger partial charge < -0.3 is 10.2 Å². The quantitative estimate of drug-likeness (QED) is 0.807. The maximum atomic E-state index is 4.18. The minimum Gasteiger partial charge on any atom is -0.311 e. The van der Waals surface area contributed by atoms with Crippen LogP contribution in [0.5, 0.6) is 0 Å². The molecule has 0 amide bonds. The van der Waals surface area contributed by atoms with Crippen LogP contribution in [0, 0.1) is 0 Å². The monoisotopic (exact) mass is 306 g/mol. The molecule has 0 aliphatic carbocycles. The number of nitrogens with zero attached hydrogens (tertiary/aromatic N) is 2. The first-order valence-corrected chi connectivity index (χ1v) is 7.44. The number of aromatic nitrogens is 2. The molecule has 1 fully saturated rings. The van der Waals surface area contributed by atoms with E-state index in [-0.39, 0.29) is 12.4 Å². The molecule has 0 unspecified atom stereocenters. The molecule has 0 bridgehead atoms. The summed E-state index contributed by atoms with van der Waals surface area (Å²) in [6.07, 6.45) is 4.64. The summed E-state index contributed by atoms with van der Waals surface area (Å²) in [6.45, 7) is 5.60. The average molecular weight is 307 g/mol. The molecule has 1 aliphatic rings. The standard InChI is InChI=1S/C16H22N4.ClH/c1-2-6-14(7-3-1)16-15(13-18-19-16)12-17-8-11-20-9-4-5-10-20;/h1-3,6-7,13,17H,4-5,8-12H2,(H,18,19);1H. The number of H-pyrrole nitrogens is 1. The van der Waals surface area contributed by atoms with Gasteiger partial charge in [-0.25, -0.2) is 0 Å². The molecule has 0 atom stereocenters. The maximum Gasteiger partial charge on any atom is 0.0695 e. The van der Waals surface area contributed by atoms with Crippen LogP contribution in [-0.2, 0) is 6.54 Å². The summed E-state index contributed by atoms with van der Waals surface area (Å²) < 4.78 is 0. The van der Waals surface area contributed by atoms with Gasteiger partial charge in [-0.15, -0.1) is 12.4 Å². The SMILES string of the molecule is Cl.c1ccc(-c2[nH]ncc2CNCCN2CCCC2)cc1. The Morgan fingerprint density at radius 1 is 1.14 bits per heavy atom. The number of hydrogen-bond donors (Lipinski definition) is 2. The van der Waals surface area contributed by atoms with Gasteiger partial charge >= 0.3 is 0 Å². The molecule has 21 heavy (non-hydrogen) atoms. The molecular formula is C16H23ClN4. The van der Waals surface area contributed by atoms with E-state index >= 15 is 0 Å². The second-order valence-corrected chi connectivity index (χ2v) is 5.36. The van der Waals surface area contributed by atoms with Crippen molar-refractivity contribution in [2.45, 2.75) is 19.4 Å². The van der Waals surface area contributed by atoms with Gasteiger partial charge in [0.2, 0.25) is 0 Å². The first-order valence-electron chi connectivity index (χ1n) is 7.44. The highest BCUT2D eigenvalue weighted by atomic mass is 35.5. The second-order valence-electron chi connectivity index (χ2n) is 5.36. The Labute approximate surface area is 132 Å². The fraction of sp³-hybridized carbons (Fsp3) is 0.438. The molecule has 1 aliphatic heterocycles. The molecular weight excluding hydrogens is 284 g/mol. The van der Waals surface area contributed by atoms with Crippen LogP contribution in [0.25, 0.3) is 11.3 Å². The van der Waals surface area contributed by atoms with Crippen LogP contribution < -0.4 is 5.32 Å². The Morgan fingerprint density at radius 3 is 2.67 bits per heavy atom.